The number of benzene rings is 1. The van der Waals surface area contributed by atoms with Gasteiger partial charge < -0.3 is 5.32 Å². The molecule has 1 rings (SSSR count). The first-order valence-electron chi connectivity index (χ1n) is 6.40. The molecule has 2 N–H and O–H groups in total. The number of amides is 2. The summed E-state index contributed by atoms with van der Waals surface area (Å²) in [7, 11) is 0. The lowest BCUT2D eigenvalue weighted by Crippen LogP contribution is -2.26. The summed E-state index contributed by atoms with van der Waals surface area (Å²) < 4.78 is 0. The molecule has 0 spiro atoms. The lowest BCUT2D eigenvalue weighted by Gasteiger charge is -2.04. The first-order valence-corrected chi connectivity index (χ1v) is 6.40. The van der Waals surface area contributed by atoms with Gasteiger partial charge in [0.25, 0.3) is 11.6 Å². The van der Waals surface area contributed by atoms with E-state index in [2.05, 4.69) is 22.4 Å². The highest BCUT2D eigenvalue weighted by molar-refractivity contribution is 6.02. The monoisotopic (exact) mass is 304 g/mol. The molecule has 8 heteroatoms. The van der Waals surface area contributed by atoms with Crippen LogP contribution >= 0.6 is 0 Å². The number of hydrazone groups is 1. The quantitative estimate of drug-likeness (QED) is 0.343. The van der Waals surface area contributed by atoms with Crippen molar-refractivity contribution in [2.24, 2.45) is 5.10 Å². The average Bonchev–Trinajstić information content (AvgIpc) is 2.50. The topological polar surface area (TPSA) is 114 Å². The molecule has 8 nitrogen and oxygen atoms in total. The lowest BCUT2D eigenvalue weighted by atomic mass is 10.2. The Balaban J connectivity index is 2.69. The predicted molar refractivity (Wildman–Crippen MR) is 81.5 cm³/mol. The van der Waals surface area contributed by atoms with E-state index in [0.717, 1.165) is 0 Å². The van der Waals surface area contributed by atoms with Gasteiger partial charge >= 0.3 is 0 Å². The van der Waals surface area contributed by atoms with E-state index in [0.29, 0.717) is 12.3 Å². The Morgan fingerprint density at radius 1 is 1.41 bits per heavy atom. The maximum atomic E-state index is 11.9. The summed E-state index contributed by atoms with van der Waals surface area (Å²) in [6.07, 6.45) is 1.55. The minimum atomic E-state index is -0.710. The third-order valence-corrected chi connectivity index (χ3v) is 2.55. The maximum Gasteiger partial charge on any atom is 0.282 e. The molecule has 22 heavy (non-hydrogen) atoms. The predicted octanol–water partition coefficient (Wildman–Crippen LogP) is 1.39. The Kier molecular flexibility index (Phi) is 6.42. The van der Waals surface area contributed by atoms with Crippen LogP contribution in [0.25, 0.3) is 0 Å². The molecule has 1 aromatic rings. The number of carbonyl (C=O) groups is 2. The van der Waals surface area contributed by atoms with E-state index in [1.807, 2.05) is 0 Å². The second kappa shape index (κ2) is 8.30. The molecular formula is C14H16N4O4. The van der Waals surface area contributed by atoms with Crippen molar-refractivity contribution in [3.8, 4) is 0 Å². The number of nitrogens with zero attached hydrogens (tertiary/aromatic N) is 2. The number of nitrogens with one attached hydrogen (secondary N) is 2. The van der Waals surface area contributed by atoms with Crippen LogP contribution in [0.3, 0.4) is 0 Å². The molecule has 0 bridgehead atoms. The van der Waals surface area contributed by atoms with Crippen LogP contribution in [0.4, 0.5) is 5.69 Å². The molecule has 0 aromatic heterocycles. The Morgan fingerprint density at radius 2 is 2.09 bits per heavy atom. The van der Waals surface area contributed by atoms with Crippen molar-refractivity contribution in [2.45, 2.75) is 13.3 Å². The molecule has 0 unspecified atom stereocenters. The van der Waals surface area contributed by atoms with Gasteiger partial charge in [-0.2, -0.15) is 5.10 Å². The standard InChI is InChI=1S/C14H16N4O4/c1-3-8-15-13(19)9-10(2)16-17-14(20)11-6-4-5-7-12(11)18(21)22/h3-7H,1,8-9H2,2H3,(H,15,19)(H,17,20). The third-order valence-electron chi connectivity index (χ3n) is 2.55. The van der Waals surface area contributed by atoms with Crippen molar-refractivity contribution >= 4 is 23.2 Å². The normalized spacial score (nSPS) is 10.7. The van der Waals surface area contributed by atoms with Gasteiger partial charge in [-0.1, -0.05) is 18.2 Å². The minimum absolute atomic E-state index is 0.00496. The fourth-order valence-corrected chi connectivity index (χ4v) is 1.55. The number of hydrogen-bond acceptors (Lipinski definition) is 5. The highest BCUT2D eigenvalue weighted by Gasteiger charge is 2.18. The van der Waals surface area contributed by atoms with E-state index >= 15 is 0 Å². The zero-order chi connectivity index (χ0) is 16.5. The molecule has 1 aromatic carbocycles. The van der Waals surface area contributed by atoms with Gasteiger partial charge in [0.15, 0.2) is 0 Å². The van der Waals surface area contributed by atoms with Gasteiger partial charge in [0.2, 0.25) is 5.91 Å². The first kappa shape index (κ1) is 17.0. The van der Waals surface area contributed by atoms with E-state index in [1.165, 1.54) is 24.3 Å². The maximum absolute atomic E-state index is 11.9. The molecule has 0 aliphatic rings. The summed E-state index contributed by atoms with van der Waals surface area (Å²) >= 11 is 0. The summed E-state index contributed by atoms with van der Waals surface area (Å²) in [4.78, 5) is 33.5. The smallest absolute Gasteiger partial charge is 0.282 e. The van der Waals surface area contributed by atoms with Gasteiger partial charge in [0.1, 0.15) is 5.56 Å². The van der Waals surface area contributed by atoms with Crippen LogP contribution < -0.4 is 10.7 Å². The Hall–Kier alpha value is -3.03. The van der Waals surface area contributed by atoms with E-state index in [4.69, 9.17) is 0 Å². The van der Waals surface area contributed by atoms with E-state index in [-0.39, 0.29) is 23.6 Å². The van der Waals surface area contributed by atoms with Gasteiger partial charge in [-0.05, 0) is 13.0 Å². The number of rotatable bonds is 7. The zero-order valence-electron chi connectivity index (χ0n) is 12.0. The molecule has 0 saturated carbocycles. The lowest BCUT2D eigenvalue weighted by molar-refractivity contribution is -0.385. The number of nitro groups is 1. The van der Waals surface area contributed by atoms with Gasteiger partial charge in [0, 0.05) is 18.3 Å². The molecule has 0 atom stereocenters. The molecule has 0 heterocycles. The molecule has 0 aliphatic heterocycles. The van der Waals surface area contributed by atoms with Crippen LogP contribution in [0.2, 0.25) is 0 Å². The molecule has 116 valence electrons. The van der Waals surface area contributed by atoms with Crippen LogP contribution in [0.15, 0.2) is 42.0 Å². The summed E-state index contributed by atoms with van der Waals surface area (Å²) in [5.41, 5.74) is 2.16. The SMILES string of the molecule is C=CCNC(=O)CC(C)=NNC(=O)c1ccccc1[N+](=O)[O-]. The van der Waals surface area contributed by atoms with E-state index in [1.54, 1.807) is 13.0 Å². The molecule has 0 saturated heterocycles. The van der Waals surface area contributed by atoms with Crippen LogP contribution in [0.1, 0.15) is 23.7 Å². The molecule has 0 fully saturated rings. The highest BCUT2D eigenvalue weighted by atomic mass is 16.6. The minimum Gasteiger partial charge on any atom is -0.352 e. The number of nitro benzene ring substituents is 1. The number of para-hydroxylation sites is 1. The highest BCUT2D eigenvalue weighted by Crippen LogP contribution is 2.17. The molecular weight excluding hydrogens is 288 g/mol. The summed E-state index contributed by atoms with van der Waals surface area (Å²) in [5, 5.41) is 17.2. The second-order valence-electron chi connectivity index (χ2n) is 4.33. The van der Waals surface area contributed by atoms with E-state index < -0.39 is 10.8 Å². The number of hydrogen-bond donors (Lipinski definition) is 2. The van der Waals surface area contributed by atoms with Gasteiger partial charge in [-0.3, -0.25) is 19.7 Å². The van der Waals surface area contributed by atoms with Crippen molar-refractivity contribution in [1.29, 1.82) is 0 Å². The second-order valence-corrected chi connectivity index (χ2v) is 4.33. The Morgan fingerprint density at radius 3 is 2.73 bits per heavy atom. The van der Waals surface area contributed by atoms with E-state index in [9.17, 15) is 19.7 Å². The fourth-order valence-electron chi connectivity index (χ4n) is 1.55. The van der Waals surface area contributed by atoms with Crippen molar-refractivity contribution in [3.05, 3.63) is 52.6 Å². The fraction of sp³-hybridized carbons (Fsp3) is 0.214. The summed E-state index contributed by atoms with van der Waals surface area (Å²) in [5.74, 6) is -0.973. The van der Waals surface area contributed by atoms with Gasteiger partial charge in [0.05, 0.1) is 11.3 Å². The molecule has 0 aliphatic carbocycles. The van der Waals surface area contributed by atoms with Crippen LogP contribution in [-0.2, 0) is 4.79 Å². The molecule has 0 radical (unpaired) electrons. The van der Waals surface area contributed by atoms with Crippen molar-refractivity contribution < 1.29 is 14.5 Å². The zero-order valence-corrected chi connectivity index (χ0v) is 12.0. The van der Waals surface area contributed by atoms with Gasteiger partial charge in [-0.25, -0.2) is 5.43 Å². The average molecular weight is 304 g/mol. The first-order chi connectivity index (χ1) is 10.5. The van der Waals surface area contributed by atoms with Crippen molar-refractivity contribution in [1.82, 2.24) is 10.7 Å². The third kappa shape index (κ3) is 5.16. The molecule has 2 amide bonds. The summed E-state index contributed by atoms with van der Waals surface area (Å²) in [6, 6.07) is 5.54. The van der Waals surface area contributed by atoms with Gasteiger partial charge in [-0.15, -0.1) is 6.58 Å². The Bertz CT molecular complexity index is 625. The van der Waals surface area contributed by atoms with Crippen LogP contribution in [-0.4, -0.2) is 29.0 Å². The number of carbonyl (C=O) groups excluding carboxylic acids is 2. The Labute approximate surface area is 127 Å². The van der Waals surface area contributed by atoms with Crippen LogP contribution in [0.5, 0.6) is 0 Å². The summed E-state index contributed by atoms with van der Waals surface area (Å²) in [6.45, 7) is 5.37. The van der Waals surface area contributed by atoms with Crippen molar-refractivity contribution in [2.75, 3.05) is 6.54 Å². The van der Waals surface area contributed by atoms with Crippen LogP contribution in [0, 0.1) is 10.1 Å². The largest absolute Gasteiger partial charge is 0.352 e. The van der Waals surface area contributed by atoms with Crippen molar-refractivity contribution in [3.63, 3.8) is 0 Å².